The van der Waals surface area contributed by atoms with Crippen molar-refractivity contribution in [3.63, 3.8) is 0 Å². The molecule has 0 unspecified atom stereocenters. The molecular formula is C18H17N3O3. The van der Waals surface area contributed by atoms with Gasteiger partial charge in [0.1, 0.15) is 11.8 Å². The average Bonchev–Trinajstić information content (AvgIpc) is 2.94. The van der Waals surface area contributed by atoms with Crippen molar-refractivity contribution >= 4 is 22.3 Å². The van der Waals surface area contributed by atoms with Crippen LogP contribution in [0.1, 0.15) is 10.4 Å². The molecule has 0 radical (unpaired) electrons. The Kier molecular flexibility index (Phi) is 4.64. The topological polar surface area (TPSA) is 75.8 Å². The van der Waals surface area contributed by atoms with Gasteiger partial charge < -0.3 is 19.2 Å². The third-order valence-corrected chi connectivity index (χ3v) is 3.73. The first-order chi connectivity index (χ1) is 11.8. The molecule has 24 heavy (non-hydrogen) atoms. The standard InChI is InChI=1S/C18H17N3O3/c1-23-11-9-20-18(22)17-14-4-2-3-5-15(14)21-12-13(24-10-8-19)6-7-16(17)21/h2-7,12H,9-11H2,1H3,(H,20,22). The zero-order valence-electron chi connectivity index (χ0n) is 13.3. The fourth-order valence-electron chi connectivity index (χ4n) is 2.71. The van der Waals surface area contributed by atoms with Gasteiger partial charge in [0.05, 0.1) is 29.4 Å². The Balaban J connectivity index is 2.09. The van der Waals surface area contributed by atoms with Gasteiger partial charge in [-0.25, -0.2) is 0 Å². The molecule has 6 heteroatoms. The van der Waals surface area contributed by atoms with E-state index in [1.54, 1.807) is 19.4 Å². The van der Waals surface area contributed by atoms with E-state index in [0.29, 0.717) is 24.5 Å². The summed E-state index contributed by atoms with van der Waals surface area (Å²) in [6.45, 7) is 0.890. The van der Waals surface area contributed by atoms with E-state index in [4.69, 9.17) is 14.7 Å². The minimum atomic E-state index is -0.142. The first-order valence-electron chi connectivity index (χ1n) is 7.56. The van der Waals surface area contributed by atoms with Crippen LogP contribution in [0.4, 0.5) is 0 Å². The highest BCUT2D eigenvalue weighted by atomic mass is 16.5. The van der Waals surface area contributed by atoms with Gasteiger partial charge in [-0.15, -0.1) is 0 Å². The maximum Gasteiger partial charge on any atom is 0.254 e. The van der Waals surface area contributed by atoms with Crippen molar-refractivity contribution in [3.05, 3.63) is 48.2 Å². The molecule has 0 aliphatic heterocycles. The molecule has 0 bridgehead atoms. The van der Waals surface area contributed by atoms with Gasteiger partial charge in [-0.1, -0.05) is 18.2 Å². The van der Waals surface area contributed by atoms with Crippen molar-refractivity contribution in [2.24, 2.45) is 0 Å². The molecule has 0 aliphatic rings. The summed E-state index contributed by atoms with van der Waals surface area (Å²) in [7, 11) is 1.60. The number of nitriles is 1. The third-order valence-electron chi connectivity index (χ3n) is 3.73. The van der Waals surface area contributed by atoms with Crippen molar-refractivity contribution in [3.8, 4) is 11.8 Å². The van der Waals surface area contributed by atoms with Crippen LogP contribution in [0.2, 0.25) is 0 Å². The van der Waals surface area contributed by atoms with Crippen LogP contribution in [0.15, 0.2) is 42.6 Å². The van der Waals surface area contributed by atoms with Gasteiger partial charge in [0, 0.05) is 19.0 Å². The van der Waals surface area contributed by atoms with Crippen molar-refractivity contribution in [1.82, 2.24) is 9.72 Å². The van der Waals surface area contributed by atoms with Gasteiger partial charge in [0.25, 0.3) is 5.91 Å². The summed E-state index contributed by atoms with van der Waals surface area (Å²) in [4.78, 5) is 12.6. The number of hydrogen-bond donors (Lipinski definition) is 1. The van der Waals surface area contributed by atoms with Crippen LogP contribution in [-0.2, 0) is 4.74 Å². The number of nitrogens with one attached hydrogen (secondary N) is 1. The van der Waals surface area contributed by atoms with Gasteiger partial charge in [0.15, 0.2) is 6.61 Å². The second-order valence-corrected chi connectivity index (χ2v) is 5.21. The number of aromatic nitrogens is 1. The molecule has 6 nitrogen and oxygen atoms in total. The highest BCUT2D eigenvalue weighted by Gasteiger charge is 2.18. The predicted molar refractivity (Wildman–Crippen MR) is 90.2 cm³/mol. The molecule has 3 aromatic rings. The molecule has 0 aliphatic carbocycles. The number of fused-ring (bicyclic) bond motifs is 3. The number of amides is 1. The van der Waals surface area contributed by atoms with Gasteiger partial charge in [-0.05, 0) is 18.2 Å². The van der Waals surface area contributed by atoms with Crippen LogP contribution in [0, 0.1) is 11.3 Å². The van der Waals surface area contributed by atoms with E-state index in [1.807, 2.05) is 40.8 Å². The second-order valence-electron chi connectivity index (χ2n) is 5.21. The predicted octanol–water partition coefficient (Wildman–Crippen LogP) is 2.37. The molecule has 0 saturated heterocycles. The van der Waals surface area contributed by atoms with Crippen LogP contribution in [-0.4, -0.2) is 37.2 Å². The maximum atomic E-state index is 12.6. The Morgan fingerprint density at radius 1 is 1.25 bits per heavy atom. The Labute approximate surface area is 139 Å². The second kappa shape index (κ2) is 7.02. The highest BCUT2D eigenvalue weighted by Crippen LogP contribution is 2.28. The van der Waals surface area contributed by atoms with Crippen LogP contribution >= 0.6 is 0 Å². The number of carbonyl (C=O) groups is 1. The van der Waals surface area contributed by atoms with Crippen molar-refractivity contribution < 1.29 is 14.3 Å². The molecule has 0 spiro atoms. The Bertz CT molecular complexity index is 924. The summed E-state index contributed by atoms with van der Waals surface area (Å²) in [5, 5.41) is 12.4. The molecule has 1 aromatic carbocycles. The molecule has 0 atom stereocenters. The van der Waals surface area contributed by atoms with Crippen molar-refractivity contribution in [2.45, 2.75) is 0 Å². The Morgan fingerprint density at radius 2 is 2.08 bits per heavy atom. The smallest absolute Gasteiger partial charge is 0.254 e. The molecule has 0 fully saturated rings. The molecule has 1 amide bonds. The Morgan fingerprint density at radius 3 is 2.88 bits per heavy atom. The van der Waals surface area contributed by atoms with E-state index in [2.05, 4.69) is 5.32 Å². The zero-order chi connectivity index (χ0) is 16.9. The van der Waals surface area contributed by atoms with E-state index < -0.39 is 0 Å². The largest absolute Gasteiger partial charge is 0.477 e. The van der Waals surface area contributed by atoms with Crippen LogP contribution in [0.3, 0.4) is 0 Å². The van der Waals surface area contributed by atoms with Gasteiger partial charge in [-0.3, -0.25) is 4.79 Å². The van der Waals surface area contributed by atoms with E-state index in [-0.39, 0.29) is 12.5 Å². The average molecular weight is 323 g/mol. The van der Waals surface area contributed by atoms with Crippen LogP contribution in [0.25, 0.3) is 16.4 Å². The summed E-state index contributed by atoms with van der Waals surface area (Å²) >= 11 is 0. The van der Waals surface area contributed by atoms with Gasteiger partial charge >= 0.3 is 0 Å². The van der Waals surface area contributed by atoms with Crippen molar-refractivity contribution in [2.75, 3.05) is 26.9 Å². The lowest BCUT2D eigenvalue weighted by atomic mass is 10.1. The number of rotatable bonds is 6. The SMILES string of the molecule is COCCNC(=O)c1c2ccccc2n2cc(OCC#N)ccc12. The fraction of sp³-hybridized carbons (Fsp3) is 0.222. The third kappa shape index (κ3) is 2.90. The lowest BCUT2D eigenvalue weighted by molar-refractivity contribution is 0.0940. The van der Waals surface area contributed by atoms with Gasteiger partial charge in [-0.2, -0.15) is 5.26 Å². The summed E-state index contributed by atoms with van der Waals surface area (Å²) < 4.78 is 12.2. The number of nitrogens with zero attached hydrogens (tertiary/aromatic N) is 2. The zero-order valence-corrected chi connectivity index (χ0v) is 13.3. The molecule has 2 aromatic heterocycles. The molecular weight excluding hydrogens is 306 g/mol. The first-order valence-corrected chi connectivity index (χ1v) is 7.56. The number of methoxy groups -OCH3 is 1. The van der Waals surface area contributed by atoms with E-state index >= 15 is 0 Å². The maximum absolute atomic E-state index is 12.6. The minimum absolute atomic E-state index is 0.0188. The van der Waals surface area contributed by atoms with Crippen molar-refractivity contribution in [1.29, 1.82) is 5.26 Å². The number of pyridine rings is 1. The number of ether oxygens (including phenoxy) is 2. The molecule has 3 rings (SSSR count). The monoisotopic (exact) mass is 323 g/mol. The summed E-state index contributed by atoms with van der Waals surface area (Å²) in [6.07, 6.45) is 1.79. The number of carbonyl (C=O) groups excluding carboxylic acids is 1. The molecule has 0 saturated carbocycles. The number of benzene rings is 1. The summed E-state index contributed by atoms with van der Waals surface area (Å²) in [5.74, 6) is 0.438. The Hall–Kier alpha value is -3.04. The lowest BCUT2D eigenvalue weighted by Crippen LogP contribution is -2.26. The fourth-order valence-corrected chi connectivity index (χ4v) is 2.71. The summed E-state index contributed by atoms with van der Waals surface area (Å²) in [6, 6.07) is 13.2. The van der Waals surface area contributed by atoms with Crippen LogP contribution in [0.5, 0.6) is 5.75 Å². The van der Waals surface area contributed by atoms with E-state index in [0.717, 1.165) is 16.4 Å². The normalized spacial score (nSPS) is 10.7. The summed E-state index contributed by atoms with van der Waals surface area (Å²) in [5.41, 5.74) is 2.32. The lowest BCUT2D eigenvalue weighted by Gasteiger charge is -2.06. The van der Waals surface area contributed by atoms with Gasteiger partial charge in [0.2, 0.25) is 0 Å². The highest BCUT2D eigenvalue weighted by molar-refractivity contribution is 6.13. The molecule has 1 N–H and O–H groups in total. The minimum Gasteiger partial charge on any atom is -0.477 e. The van der Waals surface area contributed by atoms with E-state index in [1.165, 1.54) is 0 Å². The van der Waals surface area contributed by atoms with E-state index in [9.17, 15) is 4.79 Å². The number of para-hydroxylation sites is 1. The molecule has 122 valence electrons. The quantitative estimate of drug-likeness (QED) is 0.707. The molecule has 2 heterocycles. The first kappa shape index (κ1) is 15.8. The number of hydrogen-bond acceptors (Lipinski definition) is 4. The van der Waals surface area contributed by atoms with Crippen LogP contribution < -0.4 is 10.1 Å².